The molecule has 0 saturated carbocycles. The lowest BCUT2D eigenvalue weighted by molar-refractivity contribution is -0.132. The number of hydrogen-bond acceptors (Lipinski definition) is 4. The lowest BCUT2D eigenvalue weighted by Crippen LogP contribution is -2.45. The number of carbonyl (C=O) groups excluding carboxylic acids is 2. The first-order chi connectivity index (χ1) is 15.5. The maximum atomic E-state index is 13.2. The van der Waals surface area contributed by atoms with Crippen molar-refractivity contribution in [3.05, 3.63) is 48.3 Å². The van der Waals surface area contributed by atoms with Crippen LogP contribution < -0.4 is 10.1 Å². The predicted molar refractivity (Wildman–Crippen MR) is 126 cm³/mol. The van der Waals surface area contributed by atoms with Gasteiger partial charge in [-0.15, -0.1) is 0 Å². The van der Waals surface area contributed by atoms with Crippen LogP contribution in [0.5, 0.6) is 5.75 Å². The van der Waals surface area contributed by atoms with Crippen molar-refractivity contribution in [2.24, 2.45) is 7.05 Å². The number of aromatic nitrogens is 1. The van der Waals surface area contributed by atoms with Crippen molar-refractivity contribution in [1.29, 1.82) is 0 Å². The number of benzene rings is 1. The maximum Gasteiger partial charge on any atom is 0.322 e. The Bertz CT molecular complexity index is 835. The van der Waals surface area contributed by atoms with Gasteiger partial charge >= 0.3 is 6.03 Å². The van der Waals surface area contributed by atoms with Gasteiger partial charge in [-0.25, -0.2) is 4.79 Å². The van der Waals surface area contributed by atoms with Gasteiger partial charge < -0.3 is 29.2 Å². The fraction of sp³-hybridized carbons (Fsp3) is 0.500. The van der Waals surface area contributed by atoms with Crippen LogP contribution in [0, 0.1) is 0 Å². The number of anilines is 1. The van der Waals surface area contributed by atoms with E-state index < -0.39 is 0 Å². The monoisotopic (exact) mass is 444 g/mol. The molecule has 0 aliphatic carbocycles. The average Bonchev–Trinajstić information content (AvgIpc) is 3.20. The topological polar surface area (TPSA) is 76.0 Å². The predicted octanol–water partition coefficient (Wildman–Crippen LogP) is 3.73. The van der Waals surface area contributed by atoms with E-state index in [1.54, 1.807) is 43.4 Å². The van der Waals surface area contributed by atoms with Crippen LogP contribution in [0.2, 0.25) is 0 Å². The van der Waals surface area contributed by atoms with E-state index in [9.17, 15) is 9.59 Å². The molecule has 1 heterocycles. The van der Waals surface area contributed by atoms with Gasteiger partial charge in [-0.2, -0.15) is 0 Å². The fourth-order valence-electron chi connectivity index (χ4n) is 3.29. The molecule has 3 amide bonds. The van der Waals surface area contributed by atoms with Crippen molar-refractivity contribution in [1.82, 2.24) is 14.4 Å². The van der Waals surface area contributed by atoms with Gasteiger partial charge in [0.25, 0.3) is 0 Å². The first kappa shape index (κ1) is 25.3. The van der Waals surface area contributed by atoms with Crippen LogP contribution in [0.1, 0.15) is 31.9 Å². The highest BCUT2D eigenvalue weighted by molar-refractivity contribution is 5.92. The first-order valence-corrected chi connectivity index (χ1v) is 11.0. The molecular weight excluding hydrogens is 408 g/mol. The van der Waals surface area contributed by atoms with Crippen LogP contribution in [0.3, 0.4) is 0 Å². The second-order valence-electron chi connectivity index (χ2n) is 7.71. The number of nitrogens with zero attached hydrogens (tertiary/aromatic N) is 3. The number of urea groups is 1. The molecule has 1 aromatic carbocycles. The molecule has 0 bridgehead atoms. The molecule has 0 fully saturated rings. The molecule has 2 aromatic rings. The van der Waals surface area contributed by atoms with E-state index in [4.69, 9.17) is 9.47 Å². The highest BCUT2D eigenvalue weighted by Gasteiger charge is 2.22. The number of amides is 3. The second kappa shape index (κ2) is 13.4. The Kier molecular flexibility index (Phi) is 10.6. The summed E-state index contributed by atoms with van der Waals surface area (Å²) in [6, 6.07) is 10.8. The van der Waals surface area contributed by atoms with Crippen molar-refractivity contribution < 1.29 is 19.1 Å². The number of ether oxygens (including phenoxy) is 2. The summed E-state index contributed by atoms with van der Waals surface area (Å²) in [5, 5.41) is 2.88. The zero-order valence-electron chi connectivity index (χ0n) is 19.7. The molecule has 1 aromatic heterocycles. The summed E-state index contributed by atoms with van der Waals surface area (Å²) in [6.45, 7) is 4.24. The first-order valence-electron chi connectivity index (χ1n) is 11.0. The summed E-state index contributed by atoms with van der Waals surface area (Å²) in [6.07, 6.45) is 4.52. The molecule has 0 aliphatic heterocycles. The zero-order chi connectivity index (χ0) is 23.3. The van der Waals surface area contributed by atoms with Gasteiger partial charge in [-0.3, -0.25) is 4.79 Å². The van der Waals surface area contributed by atoms with E-state index in [0.29, 0.717) is 44.1 Å². The molecule has 2 rings (SSSR count). The molecule has 0 atom stereocenters. The van der Waals surface area contributed by atoms with Crippen LogP contribution in [0.25, 0.3) is 0 Å². The highest BCUT2D eigenvalue weighted by Crippen LogP contribution is 2.16. The summed E-state index contributed by atoms with van der Waals surface area (Å²) < 4.78 is 12.3. The van der Waals surface area contributed by atoms with Gasteiger partial charge in [0.05, 0.1) is 13.7 Å². The third kappa shape index (κ3) is 7.92. The minimum Gasteiger partial charge on any atom is -0.497 e. The van der Waals surface area contributed by atoms with Crippen LogP contribution in [0.15, 0.2) is 42.6 Å². The number of unbranched alkanes of at least 4 members (excludes halogenated alkanes) is 1. The molecule has 176 valence electrons. The Morgan fingerprint density at radius 3 is 2.34 bits per heavy atom. The Balaban J connectivity index is 2.09. The molecule has 8 nitrogen and oxygen atoms in total. The number of carbonyl (C=O) groups is 2. The Morgan fingerprint density at radius 2 is 1.75 bits per heavy atom. The minimum atomic E-state index is -0.311. The average molecular weight is 445 g/mol. The van der Waals surface area contributed by atoms with Gasteiger partial charge in [0, 0.05) is 51.4 Å². The molecule has 8 heteroatoms. The molecule has 0 saturated heterocycles. The third-order valence-corrected chi connectivity index (χ3v) is 5.27. The maximum absolute atomic E-state index is 13.2. The Labute approximate surface area is 191 Å². The lowest BCUT2D eigenvalue weighted by atomic mass is 10.2. The zero-order valence-corrected chi connectivity index (χ0v) is 19.7. The minimum absolute atomic E-state index is 0.0137. The van der Waals surface area contributed by atoms with Gasteiger partial charge in [0.2, 0.25) is 5.91 Å². The summed E-state index contributed by atoms with van der Waals surface area (Å²) in [5.41, 5.74) is 1.70. The molecule has 0 spiro atoms. The molecular formula is C24H36N4O4. The van der Waals surface area contributed by atoms with Crippen molar-refractivity contribution >= 4 is 17.6 Å². The van der Waals surface area contributed by atoms with E-state index >= 15 is 0 Å². The van der Waals surface area contributed by atoms with Crippen molar-refractivity contribution in [3.63, 3.8) is 0 Å². The van der Waals surface area contributed by atoms with E-state index in [2.05, 4.69) is 12.2 Å². The molecule has 1 N–H and O–H groups in total. The summed E-state index contributed by atoms with van der Waals surface area (Å²) >= 11 is 0. The highest BCUT2D eigenvalue weighted by atomic mass is 16.5. The summed E-state index contributed by atoms with van der Waals surface area (Å²) in [4.78, 5) is 29.6. The number of hydrogen-bond donors (Lipinski definition) is 1. The van der Waals surface area contributed by atoms with Crippen molar-refractivity contribution in [2.75, 3.05) is 45.8 Å². The van der Waals surface area contributed by atoms with Crippen LogP contribution in [-0.2, 0) is 23.1 Å². The van der Waals surface area contributed by atoms with Gasteiger partial charge in [-0.1, -0.05) is 13.3 Å². The molecule has 0 unspecified atom stereocenters. The van der Waals surface area contributed by atoms with Gasteiger partial charge in [0.15, 0.2) is 0 Å². The van der Waals surface area contributed by atoms with Crippen molar-refractivity contribution in [3.8, 4) is 5.75 Å². The van der Waals surface area contributed by atoms with Gasteiger partial charge in [0.1, 0.15) is 12.3 Å². The molecule has 0 aliphatic rings. The summed E-state index contributed by atoms with van der Waals surface area (Å²) in [7, 11) is 5.19. The van der Waals surface area contributed by atoms with Crippen LogP contribution in [-0.4, -0.2) is 66.8 Å². The number of aryl methyl sites for hydroxylation is 1. The Hall–Kier alpha value is -3.00. The van der Waals surface area contributed by atoms with E-state index in [1.807, 2.05) is 34.8 Å². The lowest BCUT2D eigenvalue weighted by Gasteiger charge is -2.28. The van der Waals surface area contributed by atoms with Gasteiger partial charge in [-0.05, 0) is 49.2 Å². The SMILES string of the molecule is CCCCN(Cc1cccn1C)C(=O)CN(CCCOC)C(=O)Nc1ccc(OC)cc1. The van der Waals surface area contributed by atoms with E-state index in [1.165, 1.54) is 0 Å². The summed E-state index contributed by atoms with van der Waals surface area (Å²) in [5.74, 6) is 0.643. The second-order valence-corrected chi connectivity index (χ2v) is 7.71. The van der Waals surface area contributed by atoms with Crippen LogP contribution >= 0.6 is 0 Å². The number of methoxy groups -OCH3 is 2. The van der Waals surface area contributed by atoms with Crippen LogP contribution in [0.4, 0.5) is 10.5 Å². The van der Waals surface area contributed by atoms with Crippen molar-refractivity contribution in [2.45, 2.75) is 32.7 Å². The number of rotatable bonds is 13. The van der Waals surface area contributed by atoms with E-state index in [-0.39, 0.29) is 18.5 Å². The number of nitrogens with one attached hydrogen (secondary N) is 1. The molecule has 32 heavy (non-hydrogen) atoms. The largest absolute Gasteiger partial charge is 0.497 e. The Morgan fingerprint density at radius 1 is 1.03 bits per heavy atom. The molecule has 0 radical (unpaired) electrons. The van der Waals surface area contributed by atoms with E-state index in [0.717, 1.165) is 18.5 Å². The smallest absolute Gasteiger partial charge is 0.322 e. The standard InChI is InChI=1S/C24H36N4O4/c1-5-6-15-27(18-21-9-7-14-26(21)2)23(29)19-28(16-8-17-31-3)24(30)25-20-10-12-22(32-4)13-11-20/h7,9-14H,5-6,8,15-19H2,1-4H3,(H,25,30). The normalized spacial score (nSPS) is 10.6. The third-order valence-electron chi connectivity index (χ3n) is 5.27. The fourth-order valence-corrected chi connectivity index (χ4v) is 3.29. The quantitative estimate of drug-likeness (QED) is 0.478.